The number of nitrogens with zero attached hydrogens (tertiary/aromatic N) is 3. The minimum Gasteiger partial charge on any atom is -0.497 e. The van der Waals surface area contributed by atoms with Gasteiger partial charge >= 0.3 is 0 Å². The van der Waals surface area contributed by atoms with Crippen molar-refractivity contribution in [2.45, 2.75) is 0 Å². The zero-order valence-electron chi connectivity index (χ0n) is 12.6. The molecule has 4 aromatic rings. The van der Waals surface area contributed by atoms with Crippen molar-refractivity contribution in [2.24, 2.45) is 0 Å². The Morgan fingerprint density at radius 1 is 1.12 bits per heavy atom. The summed E-state index contributed by atoms with van der Waals surface area (Å²) in [5.74, 6) is 0.934. The van der Waals surface area contributed by atoms with Gasteiger partial charge in [-0.3, -0.25) is 9.78 Å². The monoisotopic (exact) mass is 321 g/mol. The fraction of sp³-hybridized carbons (Fsp3) is 0.0588. The van der Waals surface area contributed by atoms with Crippen LogP contribution in [0.5, 0.6) is 5.75 Å². The Kier molecular flexibility index (Phi) is 3.31. The van der Waals surface area contributed by atoms with Crippen LogP contribution in [-0.2, 0) is 0 Å². The van der Waals surface area contributed by atoms with E-state index in [0.717, 1.165) is 0 Å². The SMILES string of the molecule is COc1ccc2occ(-c3nnc(-c4cccnc4)o3)c(=O)c2c1. The molecule has 0 aliphatic heterocycles. The molecule has 0 amide bonds. The normalized spacial score (nSPS) is 10.9. The first kappa shape index (κ1) is 14.1. The molecule has 0 saturated heterocycles. The third-order valence-corrected chi connectivity index (χ3v) is 3.54. The van der Waals surface area contributed by atoms with Crippen LogP contribution in [-0.4, -0.2) is 22.3 Å². The second-order valence-electron chi connectivity index (χ2n) is 4.99. The quantitative estimate of drug-likeness (QED) is 0.573. The standard InChI is InChI=1S/C17H11N3O4/c1-22-11-4-5-14-12(7-11)15(21)13(9-23-14)17-20-19-16(24-17)10-3-2-6-18-8-10/h2-9H,1H3. The van der Waals surface area contributed by atoms with Crippen LogP contribution in [0.25, 0.3) is 33.9 Å². The summed E-state index contributed by atoms with van der Waals surface area (Å²) in [6, 6.07) is 8.56. The van der Waals surface area contributed by atoms with Crippen LogP contribution >= 0.6 is 0 Å². The molecule has 24 heavy (non-hydrogen) atoms. The van der Waals surface area contributed by atoms with Crippen molar-refractivity contribution < 1.29 is 13.6 Å². The van der Waals surface area contributed by atoms with Gasteiger partial charge in [0, 0.05) is 12.4 Å². The zero-order valence-corrected chi connectivity index (χ0v) is 12.6. The summed E-state index contributed by atoms with van der Waals surface area (Å²) in [6.07, 6.45) is 4.56. The van der Waals surface area contributed by atoms with Gasteiger partial charge < -0.3 is 13.6 Å². The number of hydrogen-bond acceptors (Lipinski definition) is 7. The molecule has 0 atom stereocenters. The molecule has 7 nitrogen and oxygen atoms in total. The second-order valence-corrected chi connectivity index (χ2v) is 4.99. The molecule has 4 rings (SSSR count). The molecule has 0 unspecified atom stereocenters. The van der Waals surface area contributed by atoms with Crippen molar-refractivity contribution in [3.63, 3.8) is 0 Å². The average Bonchev–Trinajstić information content (AvgIpc) is 3.12. The van der Waals surface area contributed by atoms with E-state index in [4.69, 9.17) is 13.6 Å². The van der Waals surface area contributed by atoms with Crippen molar-refractivity contribution in [1.82, 2.24) is 15.2 Å². The van der Waals surface area contributed by atoms with Crippen LogP contribution in [0.2, 0.25) is 0 Å². The summed E-state index contributed by atoms with van der Waals surface area (Å²) in [7, 11) is 1.53. The number of ether oxygens (including phenoxy) is 1. The first-order valence-electron chi connectivity index (χ1n) is 7.10. The summed E-state index contributed by atoms with van der Waals surface area (Å²) in [4.78, 5) is 16.7. The smallest absolute Gasteiger partial charge is 0.255 e. The molecule has 0 aliphatic carbocycles. The molecular weight excluding hydrogens is 310 g/mol. The van der Waals surface area contributed by atoms with Crippen molar-refractivity contribution in [1.29, 1.82) is 0 Å². The van der Waals surface area contributed by atoms with Gasteiger partial charge in [0.1, 0.15) is 23.2 Å². The summed E-state index contributed by atoms with van der Waals surface area (Å²) in [5, 5.41) is 8.28. The fourth-order valence-electron chi connectivity index (χ4n) is 2.32. The lowest BCUT2D eigenvalue weighted by Crippen LogP contribution is -2.05. The molecule has 0 N–H and O–H groups in total. The van der Waals surface area contributed by atoms with E-state index in [2.05, 4.69) is 15.2 Å². The van der Waals surface area contributed by atoms with Crippen molar-refractivity contribution in [2.75, 3.05) is 7.11 Å². The van der Waals surface area contributed by atoms with Crippen molar-refractivity contribution >= 4 is 11.0 Å². The van der Waals surface area contributed by atoms with Gasteiger partial charge in [-0.15, -0.1) is 10.2 Å². The Morgan fingerprint density at radius 3 is 2.79 bits per heavy atom. The highest BCUT2D eigenvalue weighted by Gasteiger charge is 2.16. The van der Waals surface area contributed by atoms with Gasteiger partial charge in [-0.1, -0.05) is 0 Å². The lowest BCUT2D eigenvalue weighted by Gasteiger charge is -2.02. The predicted octanol–water partition coefficient (Wildman–Crippen LogP) is 2.91. The summed E-state index contributed by atoms with van der Waals surface area (Å²) in [5.41, 5.74) is 1.05. The molecule has 0 fully saturated rings. The number of pyridine rings is 1. The highest BCUT2D eigenvalue weighted by Crippen LogP contribution is 2.24. The lowest BCUT2D eigenvalue weighted by molar-refractivity contribution is 0.415. The van der Waals surface area contributed by atoms with Gasteiger partial charge in [-0.05, 0) is 30.3 Å². The predicted molar refractivity (Wildman–Crippen MR) is 85.6 cm³/mol. The highest BCUT2D eigenvalue weighted by molar-refractivity contribution is 5.81. The Bertz CT molecular complexity index is 1070. The molecule has 0 spiro atoms. The molecule has 3 aromatic heterocycles. The van der Waals surface area contributed by atoms with Gasteiger partial charge in [0.05, 0.1) is 18.1 Å². The number of hydrogen-bond donors (Lipinski definition) is 0. The van der Waals surface area contributed by atoms with Crippen LogP contribution in [0.15, 0.2) is 62.6 Å². The maximum Gasteiger partial charge on any atom is 0.255 e. The summed E-state index contributed by atoms with van der Waals surface area (Å²) >= 11 is 0. The third kappa shape index (κ3) is 2.32. The number of fused-ring (bicyclic) bond motifs is 1. The van der Waals surface area contributed by atoms with Crippen LogP contribution in [0, 0.1) is 0 Å². The maximum absolute atomic E-state index is 12.7. The Labute approximate surface area is 135 Å². The van der Waals surface area contributed by atoms with Gasteiger partial charge in [0.15, 0.2) is 0 Å². The van der Waals surface area contributed by atoms with Crippen molar-refractivity contribution in [3.05, 3.63) is 59.2 Å². The third-order valence-electron chi connectivity index (χ3n) is 3.54. The second kappa shape index (κ2) is 5.62. The molecule has 7 heteroatoms. The van der Waals surface area contributed by atoms with Gasteiger partial charge in [0.2, 0.25) is 11.3 Å². The minimum absolute atomic E-state index is 0.0901. The van der Waals surface area contributed by atoms with E-state index in [-0.39, 0.29) is 22.8 Å². The molecular formula is C17H11N3O4. The molecule has 0 radical (unpaired) electrons. The highest BCUT2D eigenvalue weighted by atomic mass is 16.5. The molecule has 1 aromatic carbocycles. The molecule has 0 saturated carbocycles. The first-order valence-corrected chi connectivity index (χ1v) is 7.10. The van der Waals surface area contributed by atoms with E-state index in [1.165, 1.54) is 13.4 Å². The van der Waals surface area contributed by atoms with Crippen molar-refractivity contribution in [3.8, 4) is 28.7 Å². The topological polar surface area (TPSA) is 91.2 Å². The Balaban J connectivity index is 1.84. The largest absolute Gasteiger partial charge is 0.497 e. The number of rotatable bonds is 3. The Hall–Kier alpha value is -3.48. The van der Waals surface area contributed by atoms with Gasteiger partial charge in [0.25, 0.3) is 5.89 Å². The van der Waals surface area contributed by atoms with E-state index in [1.807, 2.05) is 0 Å². The van der Waals surface area contributed by atoms with E-state index >= 15 is 0 Å². The fourth-order valence-corrected chi connectivity index (χ4v) is 2.32. The number of benzene rings is 1. The maximum atomic E-state index is 12.7. The molecule has 0 bridgehead atoms. The van der Waals surface area contributed by atoms with Crippen LogP contribution in [0.1, 0.15) is 0 Å². The van der Waals surface area contributed by atoms with Gasteiger partial charge in [-0.2, -0.15) is 0 Å². The van der Waals surface area contributed by atoms with Gasteiger partial charge in [-0.25, -0.2) is 0 Å². The van der Waals surface area contributed by atoms with E-state index in [9.17, 15) is 4.79 Å². The molecule has 118 valence electrons. The number of aromatic nitrogens is 3. The van der Waals surface area contributed by atoms with E-state index in [1.54, 1.807) is 42.7 Å². The van der Waals surface area contributed by atoms with Crippen LogP contribution in [0.4, 0.5) is 0 Å². The molecule has 3 heterocycles. The number of methoxy groups -OCH3 is 1. The van der Waals surface area contributed by atoms with E-state index < -0.39 is 0 Å². The van der Waals surface area contributed by atoms with Crippen LogP contribution in [0.3, 0.4) is 0 Å². The minimum atomic E-state index is -0.267. The van der Waals surface area contributed by atoms with Crippen LogP contribution < -0.4 is 10.2 Å². The zero-order chi connectivity index (χ0) is 16.5. The summed E-state index contributed by atoms with van der Waals surface area (Å²) in [6.45, 7) is 0. The average molecular weight is 321 g/mol. The lowest BCUT2D eigenvalue weighted by atomic mass is 10.1. The molecule has 0 aliphatic rings. The van der Waals surface area contributed by atoms with E-state index in [0.29, 0.717) is 22.3 Å². The summed E-state index contributed by atoms with van der Waals surface area (Å²) < 4.78 is 16.2. The first-order chi connectivity index (χ1) is 11.8. The Morgan fingerprint density at radius 2 is 2.00 bits per heavy atom.